The zero-order valence-corrected chi connectivity index (χ0v) is 12.4. The van der Waals surface area contributed by atoms with Crippen LogP contribution in [0.15, 0.2) is 33.5 Å². The first-order chi connectivity index (χ1) is 10.4. The highest BCUT2D eigenvalue weighted by Crippen LogP contribution is 2.22. The fourth-order valence-corrected chi connectivity index (χ4v) is 1.91. The van der Waals surface area contributed by atoms with Crippen LogP contribution in [-0.4, -0.2) is 25.1 Å². The molecule has 1 heterocycles. The Kier molecular flexibility index (Phi) is 4.45. The summed E-state index contributed by atoms with van der Waals surface area (Å²) < 4.78 is 10.6. The van der Waals surface area contributed by atoms with Crippen LogP contribution in [0.5, 0.6) is 5.75 Å². The summed E-state index contributed by atoms with van der Waals surface area (Å²) in [6.07, 6.45) is -0.883. The molecular formula is C15H16N2O5. The van der Waals surface area contributed by atoms with Crippen LogP contribution in [0.2, 0.25) is 0 Å². The lowest BCUT2D eigenvalue weighted by Crippen LogP contribution is -2.43. The lowest BCUT2D eigenvalue weighted by Gasteiger charge is -2.14. The Morgan fingerprint density at radius 3 is 2.68 bits per heavy atom. The highest BCUT2D eigenvalue weighted by atomic mass is 16.5. The van der Waals surface area contributed by atoms with Gasteiger partial charge in [-0.3, -0.25) is 10.1 Å². The molecule has 0 aliphatic heterocycles. The average molecular weight is 304 g/mol. The molecular weight excluding hydrogens is 288 g/mol. The summed E-state index contributed by atoms with van der Waals surface area (Å²) in [5.74, 6) is -0.217. The van der Waals surface area contributed by atoms with Crippen LogP contribution < -0.4 is 21.0 Å². The number of aryl methyl sites for hydroxylation is 1. The zero-order chi connectivity index (χ0) is 16.3. The van der Waals surface area contributed by atoms with Crippen molar-refractivity contribution in [3.05, 3.63) is 40.2 Å². The molecule has 7 heteroatoms. The number of urea groups is 1. The van der Waals surface area contributed by atoms with Gasteiger partial charge in [-0.2, -0.15) is 0 Å². The van der Waals surface area contributed by atoms with E-state index in [2.05, 4.69) is 10.6 Å². The maximum absolute atomic E-state index is 11.7. The number of fused-ring (bicyclic) bond motifs is 1. The third-order valence-corrected chi connectivity index (χ3v) is 3.07. The van der Waals surface area contributed by atoms with E-state index in [1.807, 2.05) is 0 Å². The zero-order valence-electron chi connectivity index (χ0n) is 12.4. The Morgan fingerprint density at radius 2 is 2.00 bits per heavy atom. The Hall–Kier alpha value is -2.83. The van der Waals surface area contributed by atoms with E-state index in [4.69, 9.17) is 9.15 Å². The van der Waals surface area contributed by atoms with Gasteiger partial charge in [-0.25, -0.2) is 9.59 Å². The third-order valence-electron chi connectivity index (χ3n) is 3.07. The van der Waals surface area contributed by atoms with E-state index in [-0.39, 0.29) is 0 Å². The lowest BCUT2D eigenvalue weighted by atomic mass is 10.1. The van der Waals surface area contributed by atoms with E-state index in [1.165, 1.54) is 26.1 Å². The van der Waals surface area contributed by atoms with Gasteiger partial charge in [-0.15, -0.1) is 0 Å². The number of ether oxygens (including phenoxy) is 1. The van der Waals surface area contributed by atoms with Gasteiger partial charge >= 0.3 is 11.7 Å². The van der Waals surface area contributed by atoms with Gasteiger partial charge < -0.3 is 14.5 Å². The predicted octanol–water partition coefficient (Wildman–Crippen LogP) is 1.32. The van der Waals surface area contributed by atoms with Crippen molar-refractivity contribution in [2.24, 2.45) is 0 Å². The quantitative estimate of drug-likeness (QED) is 0.834. The van der Waals surface area contributed by atoms with Crippen molar-refractivity contribution in [2.75, 3.05) is 7.05 Å². The molecule has 2 N–H and O–H groups in total. The lowest BCUT2D eigenvalue weighted by molar-refractivity contribution is -0.126. The summed E-state index contributed by atoms with van der Waals surface area (Å²) >= 11 is 0. The number of hydrogen-bond donors (Lipinski definition) is 2. The van der Waals surface area contributed by atoms with Crippen molar-refractivity contribution in [3.8, 4) is 5.75 Å². The molecule has 22 heavy (non-hydrogen) atoms. The van der Waals surface area contributed by atoms with Gasteiger partial charge in [0.25, 0.3) is 5.91 Å². The molecule has 0 aliphatic rings. The molecule has 2 aromatic rings. The number of imide groups is 1. The molecule has 1 atom stereocenters. The first-order valence-electron chi connectivity index (χ1n) is 6.64. The number of carbonyl (C=O) groups is 2. The molecule has 0 saturated heterocycles. The number of nitrogens with one attached hydrogen (secondary N) is 2. The van der Waals surface area contributed by atoms with E-state index in [0.29, 0.717) is 11.3 Å². The molecule has 2 rings (SSSR count). The van der Waals surface area contributed by atoms with Gasteiger partial charge in [0.2, 0.25) is 0 Å². The molecule has 0 fully saturated rings. The fraction of sp³-hybridized carbons (Fsp3) is 0.267. The van der Waals surface area contributed by atoms with Crippen LogP contribution >= 0.6 is 0 Å². The van der Waals surface area contributed by atoms with Gasteiger partial charge in [0.05, 0.1) is 0 Å². The SMILES string of the molecule is CNC(=O)NC(=O)[C@H](C)Oc1ccc2c(C)cc(=O)oc2c1. The van der Waals surface area contributed by atoms with Crippen LogP contribution in [-0.2, 0) is 4.79 Å². The van der Waals surface area contributed by atoms with Crippen LogP contribution in [0, 0.1) is 6.92 Å². The summed E-state index contributed by atoms with van der Waals surface area (Å²) in [5, 5.41) is 5.18. The molecule has 0 saturated carbocycles. The van der Waals surface area contributed by atoms with Crippen LogP contribution in [0.1, 0.15) is 12.5 Å². The summed E-state index contributed by atoms with van der Waals surface area (Å²) in [7, 11) is 1.40. The molecule has 1 aromatic heterocycles. The molecule has 116 valence electrons. The van der Waals surface area contributed by atoms with Crippen molar-refractivity contribution in [3.63, 3.8) is 0 Å². The summed E-state index contributed by atoms with van der Waals surface area (Å²) in [5.41, 5.74) is 0.720. The van der Waals surface area contributed by atoms with Gasteiger partial charge in [-0.05, 0) is 31.5 Å². The van der Waals surface area contributed by atoms with Gasteiger partial charge in [-0.1, -0.05) is 0 Å². The molecule has 0 bridgehead atoms. The minimum Gasteiger partial charge on any atom is -0.481 e. The summed E-state index contributed by atoms with van der Waals surface area (Å²) in [6.45, 7) is 3.31. The Bertz CT molecular complexity index is 781. The maximum Gasteiger partial charge on any atom is 0.336 e. The largest absolute Gasteiger partial charge is 0.481 e. The third kappa shape index (κ3) is 3.43. The highest BCUT2D eigenvalue weighted by molar-refractivity contribution is 5.96. The van der Waals surface area contributed by atoms with Crippen molar-refractivity contribution in [2.45, 2.75) is 20.0 Å². The fourth-order valence-electron chi connectivity index (χ4n) is 1.91. The molecule has 1 aromatic carbocycles. The maximum atomic E-state index is 11.7. The molecule has 0 unspecified atom stereocenters. The van der Waals surface area contributed by atoms with Crippen LogP contribution in [0.4, 0.5) is 4.79 Å². The second-order valence-electron chi connectivity index (χ2n) is 4.73. The predicted molar refractivity (Wildman–Crippen MR) is 79.9 cm³/mol. The van der Waals surface area contributed by atoms with E-state index >= 15 is 0 Å². The normalized spacial score (nSPS) is 11.8. The molecule has 7 nitrogen and oxygen atoms in total. The smallest absolute Gasteiger partial charge is 0.336 e. The molecule has 0 aliphatic carbocycles. The van der Waals surface area contributed by atoms with E-state index in [1.54, 1.807) is 19.1 Å². The Labute approximate surface area is 126 Å². The van der Waals surface area contributed by atoms with Crippen molar-refractivity contribution in [1.29, 1.82) is 0 Å². The monoisotopic (exact) mass is 304 g/mol. The second-order valence-corrected chi connectivity index (χ2v) is 4.73. The highest BCUT2D eigenvalue weighted by Gasteiger charge is 2.17. The standard InChI is InChI=1S/C15H16N2O5/c1-8-6-13(18)22-12-7-10(4-5-11(8)12)21-9(2)14(19)17-15(20)16-3/h4-7,9H,1-3H3,(H2,16,17,19,20)/t9-/m0/s1. The Morgan fingerprint density at radius 1 is 1.27 bits per heavy atom. The summed E-state index contributed by atoms with van der Waals surface area (Å²) in [4.78, 5) is 34.2. The van der Waals surface area contributed by atoms with Crippen LogP contribution in [0.25, 0.3) is 11.0 Å². The molecule has 0 spiro atoms. The minimum absolute atomic E-state index is 0.362. The van der Waals surface area contributed by atoms with Gasteiger partial charge in [0.15, 0.2) is 6.10 Å². The van der Waals surface area contributed by atoms with Gasteiger partial charge in [0, 0.05) is 24.6 Å². The summed E-state index contributed by atoms with van der Waals surface area (Å²) in [6, 6.07) is 5.74. The van der Waals surface area contributed by atoms with E-state index < -0.39 is 23.7 Å². The van der Waals surface area contributed by atoms with E-state index in [9.17, 15) is 14.4 Å². The first-order valence-corrected chi connectivity index (χ1v) is 6.64. The van der Waals surface area contributed by atoms with Crippen molar-refractivity contribution >= 4 is 22.9 Å². The molecule has 3 amide bonds. The van der Waals surface area contributed by atoms with Gasteiger partial charge in [0.1, 0.15) is 11.3 Å². The molecule has 0 radical (unpaired) electrons. The average Bonchev–Trinajstić information content (AvgIpc) is 2.46. The Balaban J connectivity index is 2.19. The topological polar surface area (TPSA) is 97.6 Å². The van der Waals surface area contributed by atoms with Crippen molar-refractivity contribution in [1.82, 2.24) is 10.6 Å². The van der Waals surface area contributed by atoms with E-state index in [0.717, 1.165) is 10.9 Å². The van der Waals surface area contributed by atoms with Crippen LogP contribution in [0.3, 0.4) is 0 Å². The first kappa shape index (κ1) is 15.6. The number of amides is 3. The number of carbonyl (C=O) groups excluding carboxylic acids is 2. The number of rotatable bonds is 3. The minimum atomic E-state index is -0.883. The van der Waals surface area contributed by atoms with Crippen molar-refractivity contribution < 1.29 is 18.7 Å². The second kappa shape index (κ2) is 6.30. The number of hydrogen-bond acceptors (Lipinski definition) is 5. The number of benzene rings is 1.